The number of phenols is 1. The van der Waals surface area contributed by atoms with E-state index >= 15 is 0 Å². The summed E-state index contributed by atoms with van der Waals surface area (Å²) in [6.45, 7) is 14.0. The lowest BCUT2D eigenvalue weighted by atomic mass is 9.63. The highest BCUT2D eigenvalue weighted by atomic mass is 16.6. The molecule has 0 aromatic heterocycles. The third-order valence-corrected chi connectivity index (χ3v) is 20.1. The summed E-state index contributed by atoms with van der Waals surface area (Å²) in [6.07, 6.45) is 7.90. The number of rotatable bonds is 75. The van der Waals surface area contributed by atoms with Crippen molar-refractivity contribution in [2.45, 2.75) is 95.2 Å². The monoisotopic (exact) mass is 1770 g/mol. The van der Waals surface area contributed by atoms with E-state index in [0.29, 0.717) is 191 Å². The third kappa shape index (κ3) is 44.1. The molecule has 125 heavy (non-hydrogen) atoms. The highest BCUT2D eigenvalue weighted by molar-refractivity contribution is 6.13. The number of hydrogen-bond acceptors (Lipinski definition) is 29. The summed E-state index contributed by atoms with van der Waals surface area (Å²) in [5.74, 6) is -5.32. The molecule has 3 atom stereocenters. The molecule has 0 spiro atoms. The number of anilines is 1. The van der Waals surface area contributed by atoms with Crippen LogP contribution in [-0.2, 0) is 147 Å². The Labute approximate surface area is 732 Å². The molecule has 0 unspecified atom stereocenters. The van der Waals surface area contributed by atoms with Gasteiger partial charge in [0.05, 0.1) is 231 Å². The third-order valence-electron chi connectivity index (χ3n) is 20.1. The fourth-order valence-electron chi connectivity index (χ4n) is 13.4. The van der Waals surface area contributed by atoms with Gasteiger partial charge in [-0.3, -0.25) is 52.8 Å². The fraction of sp³-hybridized carbons (Fsp3) is 0.655. The predicted octanol–water partition coefficient (Wildman–Crippen LogP) is 1.10. The lowest BCUT2D eigenvalue weighted by molar-refractivity contribution is -0.137. The maximum Gasteiger partial charge on any atom is 0.253 e. The van der Waals surface area contributed by atoms with Gasteiger partial charge in [-0.1, -0.05) is 80.3 Å². The van der Waals surface area contributed by atoms with Crippen LogP contribution in [0.4, 0.5) is 5.69 Å². The van der Waals surface area contributed by atoms with Crippen LogP contribution in [0.5, 0.6) is 5.75 Å². The molecule has 38 nitrogen and oxygen atoms in total. The Morgan fingerprint density at radius 2 is 0.896 bits per heavy atom. The second-order valence-electron chi connectivity index (χ2n) is 29.3. The molecule has 0 saturated heterocycles. The van der Waals surface area contributed by atoms with Crippen LogP contribution < -0.4 is 42.5 Å². The summed E-state index contributed by atoms with van der Waals surface area (Å²) in [7, 11) is 3.34. The number of phenolic OH excluding ortho intramolecular Hbond substituents is 1. The molecule has 3 aromatic rings. The zero-order chi connectivity index (χ0) is 89.4. The van der Waals surface area contributed by atoms with E-state index < -0.39 is 90.3 Å². The molecule has 0 bridgehead atoms. The SMILES string of the molecule is COCCOCCOCCOCCOCCOCCOCCOCCOCCOCCOCCOCCOCCOCCOCCOCCNC(=O)[C@H](CCC(=O)NCC(=O)NCC(=O)N[C@@H](Cc1ccccc1)C(=O)NCC(=O)NCOCc1ccc2c(c1C)NC(=O)[C@]2(c1ccc(O)cc1)C1CCCCCC1)NC(=O)CCN(C)CCN1C(=O)C=CC1=O. The summed E-state index contributed by atoms with van der Waals surface area (Å²) in [5, 5.41) is 31.4. The molecule has 700 valence electrons. The Morgan fingerprint density at radius 3 is 1.38 bits per heavy atom. The van der Waals surface area contributed by atoms with Crippen molar-refractivity contribution in [2.75, 3.05) is 277 Å². The zero-order valence-electron chi connectivity index (χ0n) is 73.0. The molecule has 9 N–H and O–H groups in total. The first kappa shape index (κ1) is 105. The first-order valence-electron chi connectivity index (χ1n) is 43.2. The molecule has 2 aliphatic heterocycles. The number of amides is 10. The highest BCUT2D eigenvalue weighted by Gasteiger charge is 2.54. The van der Waals surface area contributed by atoms with Crippen molar-refractivity contribution in [1.29, 1.82) is 0 Å². The highest BCUT2D eigenvalue weighted by Crippen LogP contribution is 2.53. The molecule has 6 rings (SSSR count). The van der Waals surface area contributed by atoms with Crippen molar-refractivity contribution in [2.24, 2.45) is 5.92 Å². The Balaban J connectivity index is 0.757. The topological polar surface area (TPSA) is 451 Å². The van der Waals surface area contributed by atoms with Crippen molar-refractivity contribution in [1.82, 2.24) is 47.0 Å². The molecule has 1 aliphatic carbocycles. The van der Waals surface area contributed by atoms with Crippen LogP contribution in [0.1, 0.15) is 85.6 Å². The predicted molar refractivity (Wildman–Crippen MR) is 455 cm³/mol. The Kier molecular flexibility index (Phi) is 55.4. The number of carbonyl (C=O) groups is 10. The van der Waals surface area contributed by atoms with Crippen LogP contribution in [-0.4, -0.2) is 358 Å². The minimum absolute atomic E-state index is 0.0297. The number of benzene rings is 3. The van der Waals surface area contributed by atoms with E-state index in [1.54, 1.807) is 61.5 Å². The van der Waals surface area contributed by atoms with E-state index in [2.05, 4.69) is 42.5 Å². The van der Waals surface area contributed by atoms with Crippen LogP contribution in [0.3, 0.4) is 0 Å². The van der Waals surface area contributed by atoms with Crippen LogP contribution in [0.15, 0.2) is 78.9 Å². The normalized spacial score (nSPS) is 15.0. The maximum absolute atomic E-state index is 14.3. The molecular weight excluding hydrogens is 1630 g/mol. The van der Waals surface area contributed by atoms with Crippen LogP contribution in [0.25, 0.3) is 0 Å². The number of hydrogen-bond donors (Lipinski definition) is 9. The van der Waals surface area contributed by atoms with Gasteiger partial charge < -0.3 is 133 Å². The second kappa shape index (κ2) is 65.9. The first-order chi connectivity index (χ1) is 61.0. The van der Waals surface area contributed by atoms with Gasteiger partial charge in [0.2, 0.25) is 47.3 Å². The number of carbonyl (C=O) groups excluding carboxylic acids is 10. The van der Waals surface area contributed by atoms with Crippen molar-refractivity contribution in [3.05, 3.63) is 107 Å². The first-order valence-corrected chi connectivity index (χ1v) is 43.2. The van der Waals surface area contributed by atoms with Crippen molar-refractivity contribution in [3.63, 3.8) is 0 Å². The Hall–Kier alpha value is -8.62. The lowest BCUT2D eigenvalue weighted by Crippen LogP contribution is -2.52. The molecule has 0 radical (unpaired) electrons. The van der Waals surface area contributed by atoms with Crippen LogP contribution in [0.2, 0.25) is 0 Å². The van der Waals surface area contributed by atoms with Gasteiger partial charge in [0.1, 0.15) is 30.0 Å². The van der Waals surface area contributed by atoms with Gasteiger partial charge in [0.25, 0.3) is 11.8 Å². The number of likely N-dealkylation sites (N-methyl/N-ethyl adjacent to an activating group) is 1. The van der Waals surface area contributed by atoms with Gasteiger partial charge in [-0.15, -0.1) is 0 Å². The molecular formula is C87H134N10O28. The van der Waals surface area contributed by atoms with E-state index in [1.807, 2.05) is 31.2 Å². The van der Waals surface area contributed by atoms with Gasteiger partial charge in [-0.2, -0.15) is 0 Å². The molecule has 2 heterocycles. The van der Waals surface area contributed by atoms with Gasteiger partial charge >= 0.3 is 0 Å². The van der Waals surface area contributed by atoms with Gasteiger partial charge in [0, 0.05) is 70.4 Å². The lowest BCUT2D eigenvalue weighted by Gasteiger charge is -2.36. The standard InChI is InChI=1S/C87H134N10O28/c1-67-69(15-20-73-83(67)95-86(108)87(73,70-13-9-4-5-10-14-70)71-16-18-72(98)19-17-71)65-125-66-92-79(102)63-91-85(107)75(61-68-11-7-6-8-12-68)94-80(103)64-90-78(101)62-89-76(99)22-21-74(93-77(100)25-27-96(2)28-29-97-81(104)23-24-82(97)105)84(106)88-26-30-110-33-34-112-37-38-114-41-42-116-45-46-118-49-50-120-53-54-122-57-58-124-60-59-123-56-55-121-52-51-119-48-47-117-44-43-115-40-39-113-36-35-111-32-31-109-3/h6-8,11-12,15-20,23-24,70,74-75,98H,4-5,9-10,13-14,21-22,25-66H2,1-3H3,(H,88,106)(H,89,99)(H,90,101)(H,91,107)(H,92,102)(H,93,100)(H,94,103)(H,95,108)/t74-,75-,87-/m0/s1. The van der Waals surface area contributed by atoms with Crippen molar-refractivity contribution >= 4 is 64.8 Å². The number of ether oxygens (including phenoxy) is 17. The minimum Gasteiger partial charge on any atom is -0.508 e. The number of aromatic hydroxyl groups is 1. The number of nitrogens with one attached hydrogen (secondary N) is 8. The Morgan fingerprint density at radius 1 is 0.464 bits per heavy atom. The largest absolute Gasteiger partial charge is 0.508 e. The zero-order valence-corrected chi connectivity index (χ0v) is 73.0. The van der Waals surface area contributed by atoms with E-state index in [0.717, 1.165) is 71.4 Å². The molecule has 10 amide bonds. The maximum atomic E-state index is 14.3. The molecule has 3 aromatic carbocycles. The van der Waals surface area contributed by atoms with E-state index in [-0.39, 0.29) is 103 Å². The number of methoxy groups -OCH3 is 1. The van der Waals surface area contributed by atoms with Gasteiger partial charge in [-0.05, 0) is 79.1 Å². The van der Waals surface area contributed by atoms with Crippen molar-refractivity contribution in [3.8, 4) is 5.75 Å². The number of fused-ring (bicyclic) bond motifs is 1. The summed E-state index contributed by atoms with van der Waals surface area (Å²) >= 11 is 0. The molecule has 1 fully saturated rings. The minimum atomic E-state index is -1.19. The van der Waals surface area contributed by atoms with Crippen molar-refractivity contribution < 1.29 is 134 Å². The average molecular weight is 1770 g/mol. The summed E-state index contributed by atoms with van der Waals surface area (Å²) in [4.78, 5) is 134. The number of imide groups is 1. The average Bonchev–Trinajstić information content (AvgIpc) is 1.57. The van der Waals surface area contributed by atoms with E-state index in [9.17, 15) is 53.1 Å². The van der Waals surface area contributed by atoms with Gasteiger partial charge in [0.15, 0.2) is 0 Å². The number of nitrogens with zero attached hydrogens (tertiary/aromatic N) is 2. The summed E-state index contributed by atoms with van der Waals surface area (Å²) in [6, 6.07) is 17.3. The second-order valence-corrected chi connectivity index (χ2v) is 29.3. The van der Waals surface area contributed by atoms with Crippen LogP contribution >= 0.6 is 0 Å². The van der Waals surface area contributed by atoms with E-state index in [1.165, 1.54) is 12.2 Å². The quantitative estimate of drug-likeness (QED) is 0.0165. The summed E-state index contributed by atoms with van der Waals surface area (Å²) < 4.78 is 93.5. The van der Waals surface area contributed by atoms with E-state index in [4.69, 9.17) is 80.5 Å². The smallest absolute Gasteiger partial charge is 0.253 e. The van der Waals surface area contributed by atoms with Gasteiger partial charge in [-0.25, -0.2) is 0 Å². The molecule has 38 heteroatoms. The molecule has 1 saturated carbocycles. The summed E-state index contributed by atoms with van der Waals surface area (Å²) in [5.41, 5.74) is 3.83. The Bertz CT molecular complexity index is 3590. The fourth-order valence-corrected chi connectivity index (χ4v) is 13.4. The van der Waals surface area contributed by atoms with Crippen LogP contribution in [0, 0.1) is 12.8 Å². The molecule has 3 aliphatic rings.